The molecule has 0 unspecified atom stereocenters. The highest BCUT2D eigenvalue weighted by atomic mass is 16.3. The smallest absolute Gasteiger partial charge is 0.255 e. The SMILES string of the molecule is Cc1ncc2c(c1CNC(=O)c1ccoc1C)CCN(C(=O)CC(C)(C)C)C2. The van der Waals surface area contributed by atoms with Crippen LogP contribution in [0.3, 0.4) is 0 Å². The topological polar surface area (TPSA) is 75.4 Å². The van der Waals surface area contributed by atoms with Crippen LogP contribution in [0.25, 0.3) is 0 Å². The Bertz CT molecular complexity index is 893. The Labute approximate surface area is 166 Å². The summed E-state index contributed by atoms with van der Waals surface area (Å²) in [6.07, 6.45) is 4.70. The van der Waals surface area contributed by atoms with Gasteiger partial charge in [-0.05, 0) is 48.4 Å². The second kappa shape index (κ2) is 7.78. The number of hydrogen-bond acceptors (Lipinski definition) is 4. The molecule has 0 aromatic carbocycles. The van der Waals surface area contributed by atoms with Gasteiger partial charge in [0.2, 0.25) is 5.91 Å². The number of nitrogens with zero attached hydrogens (tertiary/aromatic N) is 2. The van der Waals surface area contributed by atoms with Crippen LogP contribution in [0.15, 0.2) is 22.9 Å². The van der Waals surface area contributed by atoms with Crippen molar-refractivity contribution < 1.29 is 14.0 Å². The highest BCUT2D eigenvalue weighted by Crippen LogP contribution is 2.27. The Morgan fingerprint density at radius 3 is 2.68 bits per heavy atom. The Morgan fingerprint density at radius 2 is 2.04 bits per heavy atom. The fourth-order valence-corrected chi connectivity index (χ4v) is 3.62. The maximum Gasteiger partial charge on any atom is 0.255 e. The van der Waals surface area contributed by atoms with Crippen molar-refractivity contribution in [2.45, 2.75) is 60.5 Å². The van der Waals surface area contributed by atoms with Crippen LogP contribution in [0.4, 0.5) is 0 Å². The first kappa shape index (κ1) is 20.1. The minimum atomic E-state index is -0.152. The molecule has 0 saturated carbocycles. The Balaban J connectivity index is 1.73. The number of fused-ring (bicyclic) bond motifs is 1. The second-order valence-corrected chi connectivity index (χ2v) is 8.70. The van der Waals surface area contributed by atoms with Gasteiger partial charge in [-0.2, -0.15) is 0 Å². The average molecular weight is 383 g/mol. The first-order valence-electron chi connectivity index (χ1n) is 9.72. The molecule has 0 aliphatic carbocycles. The van der Waals surface area contributed by atoms with Crippen molar-refractivity contribution in [2.75, 3.05) is 6.54 Å². The second-order valence-electron chi connectivity index (χ2n) is 8.70. The largest absolute Gasteiger partial charge is 0.469 e. The zero-order valence-electron chi connectivity index (χ0n) is 17.4. The molecular formula is C22H29N3O3. The van der Waals surface area contributed by atoms with Gasteiger partial charge in [-0.3, -0.25) is 14.6 Å². The van der Waals surface area contributed by atoms with E-state index in [1.54, 1.807) is 13.0 Å². The minimum absolute atomic E-state index is 0.0243. The van der Waals surface area contributed by atoms with Crippen molar-refractivity contribution in [2.24, 2.45) is 5.41 Å². The fraction of sp³-hybridized carbons (Fsp3) is 0.500. The van der Waals surface area contributed by atoms with E-state index in [0.29, 0.717) is 37.4 Å². The molecule has 1 aliphatic rings. The number of hydrogen-bond donors (Lipinski definition) is 1. The van der Waals surface area contributed by atoms with E-state index < -0.39 is 0 Å². The summed E-state index contributed by atoms with van der Waals surface area (Å²) in [6.45, 7) is 11.7. The number of aromatic nitrogens is 1. The van der Waals surface area contributed by atoms with Gasteiger partial charge < -0.3 is 14.6 Å². The molecule has 1 aliphatic heterocycles. The molecule has 0 bridgehead atoms. The third kappa shape index (κ3) is 4.43. The molecule has 0 radical (unpaired) electrons. The number of carbonyl (C=O) groups is 2. The van der Waals surface area contributed by atoms with Gasteiger partial charge in [0, 0.05) is 37.9 Å². The summed E-state index contributed by atoms with van der Waals surface area (Å²) >= 11 is 0. The Kier molecular flexibility index (Phi) is 5.59. The number of amides is 2. The number of pyridine rings is 1. The molecule has 0 saturated heterocycles. The molecular weight excluding hydrogens is 354 g/mol. The molecule has 2 aromatic heterocycles. The van der Waals surface area contributed by atoms with Crippen molar-refractivity contribution in [1.29, 1.82) is 0 Å². The van der Waals surface area contributed by atoms with Gasteiger partial charge in [-0.25, -0.2) is 0 Å². The molecule has 0 atom stereocenters. The van der Waals surface area contributed by atoms with Gasteiger partial charge in [0.1, 0.15) is 5.76 Å². The summed E-state index contributed by atoms with van der Waals surface area (Å²) in [5.41, 5.74) is 4.77. The summed E-state index contributed by atoms with van der Waals surface area (Å²) in [4.78, 5) is 31.4. The lowest BCUT2D eigenvalue weighted by Crippen LogP contribution is -2.38. The number of aryl methyl sites for hydroxylation is 2. The zero-order chi connectivity index (χ0) is 20.5. The monoisotopic (exact) mass is 383 g/mol. The Morgan fingerprint density at radius 1 is 1.29 bits per heavy atom. The molecule has 3 heterocycles. The van der Waals surface area contributed by atoms with E-state index in [-0.39, 0.29) is 17.2 Å². The predicted octanol–water partition coefficient (Wildman–Crippen LogP) is 3.54. The van der Waals surface area contributed by atoms with Crippen LogP contribution >= 0.6 is 0 Å². The molecule has 2 aromatic rings. The maximum atomic E-state index is 12.6. The van der Waals surface area contributed by atoms with Gasteiger partial charge in [-0.1, -0.05) is 20.8 Å². The Hall–Kier alpha value is -2.63. The van der Waals surface area contributed by atoms with Crippen molar-refractivity contribution in [3.63, 3.8) is 0 Å². The molecule has 6 nitrogen and oxygen atoms in total. The lowest BCUT2D eigenvalue weighted by atomic mass is 9.90. The minimum Gasteiger partial charge on any atom is -0.469 e. The van der Waals surface area contributed by atoms with Gasteiger partial charge in [0.15, 0.2) is 0 Å². The molecule has 1 N–H and O–H groups in total. The fourth-order valence-electron chi connectivity index (χ4n) is 3.62. The number of furan rings is 1. The van der Waals surface area contributed by atoms with Crippen LogP contribution in [0.1, 0.15) is 65.7 Å². The first-order chi connectivity index (χ1) is 13.2. The van der Waals surface area contributed by atoms with Crippen LogP contribution in [0.2, 0.25) is 0 Å². The molecule has 0 spiro atoms. The summed E-state index contributed by atoms with van der Waals surface area (Å²) in [5.74, 6) is 0.639. The lowest BCUT2D eigenvalue weighted by molar-refractivity contribution is -0.134. The van der Waals surface area contributed by atoms with E-state index >= 15 is 0 Å². The van der Waals surface area contributed by atoms with Gasteiger partial charge in [0.05, 0.1) is 11.8 Å². The number of nitrogens with one attached hydrogen (secondary N) is 1. The number of rotatable bonds is 4. The summed E-state index contributed by atoms with van der Waals surface area (Å²) in [7, 11) is 0. The van der Waals surface area contributed by atoms with Crippen LogP contribution < -0.4 is 5.32 Å². The van der Waals surface area contributed by atoms with Gasteiger partial charge >= 0.3 is 0 Å². The predicted molar refractivity (Wildman–Crippen MR) is 107 cm³/mol. The van der Waals surface area contributed by atoms with E-state index in [1.807, 2.05) is 18.0 Å². The normalized spacial score (nSPS) is 14.0. The zero-order valence-corrected chi connectivity index (χ0v) is 17.4. The molecule has 6 heteroatoms. The molecule has 150 valence electrons. The van der Waals surface area contributed by atoms with Gasteiger partial charge in [-0.15, -0.1) is 0 Å². The van der Waals surface area contributed by atoms with E-state index in [2.05, 4.69) is 31.1 Å². The highest BCUT2D eigenvalue weighted by Gasteiger charge is 2.26. The summed E-state index contributed by atoms with van der Waals surface area (Å²) < 4.78 is 5.21. The van der Waals surface area contributed by atoms with Crippen LogP contribution in [0, 0.1) is 19.3 Å². The van der Waals surface area contributed by atoms with E-state index in [4.69, 9.17) is 4.42 Å². The third-order valence-electron chi connectivity index (χ3n) is 5.16. The lowest BCUT2D eigenvalue weighted by Gasteiger charge is -2.32. The van der Waals surface area contributed by atoms with Crippen LogP contribution in [0.5, 0.6) is 0 Å². The molecule has 28 heavy (non-hydrogen) atoms. The summed E-state index contributed by atoms with van der Waals surface area (Å²) in [5, 5.41) is 2.98. The standard InChI is InChI=1S/C22H29N3O3/c1-14-19(12-24-21(27)17-7-9-28-15(17)2)18-6-8-25(13-16(18)11-23-14)20(26)10-22(3,4)5/h7,9,11H,6,8,10,12-13H2,1-5H3,(H,24,27). The van der Waals surface area contributed by atoms with E-state index in [9.17, 15) is 9.59 Å². The van der Waals surface area contributed by atoms with E-state index in [1.165, 1.54) is 11.8 Å². The van der Waals surface area contributed by atoms with Crippen molar-refractivity contribution in [3.05, 3.63) is 52.2 Å². The third-order valence-corrected chi connectivity index (χ3v) is 5.16. The maximum absolute atomic E-state index is 12.6. The molecule has 2 amide bonds. The molecule has 0 fully saturated rings. The average Bonchev–Trinajstić information content (AvgIpc) is 3.05. The molecule has 3 rings (SSSR count). The quantitative estimate of drug-likeness (QED) is 0.876. The van der Waals surface area contributed by atoms with Gasteiger partial charge in [0.25, 0.3) is 5.91 Å². The van der Waals surface area contributed by atoms with E-state index in [0.717, 1.165) is 23.2 Å². The van der Waals surface area contributed by atoms with Crippen molar-refractivity contribution in [1.82, 2.24) is 15.2 Å². The van der Waals surface area contributed by atoms with Crippen LogP contribution in [-0.4, -0.2) is 28.2 Å². The van der Waals surface area contributed by atoms with Crippen molar-refractivity contribution >= 4 is 11.8 Å². The van der Waals surface area contributed by atoms with Crippen LogP contribution in [-0.2, 0) is 24.3 Å². The highest BCUT2D eigenvalue weighted by molar-refractivity contribution is 5.95. The number of carbonyl (C=O) groups excluding carboxylic acids is 2. The first-order valence-corrected chi connectivity index (χ1v) is 9.72. The van der Waals surface area contributed by atoms with Crippen molar-refractivity contribution in [3.8, 4) is 0 Å². The summed E-state index contributed by atoms with van der Waals surface area (Å²) in [6, 6.07) is 1.68.